The lowest BCUT2D eigenvalue weighted by molar-refractivity contribution is 0.0195. The number of thiophene rings is 1. The zero-order valence-electron chi connectivity index (χ0n) is 14.0. The number of rotatable bonds is 3. The summed E-state index contributed by atoms with van der Waals surface area (Å²) >= 11 is 1.85. The summed E-state index contributed by atoms with van der Waals surface area (Å²) < 4.78 is 5.45. The number of nitrogens with zero attached hydrogens (tertiary/aromatic N) is 3. The van der Waals surface area contributed by atoms with Crippen LogP contribution < -0.4 is 5.32 Å². The molecule has 0 radical (unpaired) electrons. The van der Waals surface area contributed by atoms with Crippen molar-refractivity contribution in [2.75, 3.05) is 46.4 Å². The van der Waals surface area contributed by atoms with Crippen molar-refractivity contribution in [2.24, 2.45) is 4.99 Å². The van der Waals surface area contributed by atoms with Gasteiger partial charge < -0.3 is 15.0 Å². The highest BCUT2D eigenvalue weighted by Crippen LogP contribution is 2.18. The van der Waals surface area contributed by atoms with Crippen LogP contribution >= 0.6 is 35.3 Å². The maximum atomic E-state index is 5.45. The Hall–Kier alpha value is -0.380. The van der Waals surface area contributed by atoms with Crippen LogP contribution in [0.15, 0.2) is 17.1 Å². The van der Waals surface area contributed by atoms with Gasteiger partial charge in [-0.05, 0) is 25.5 Å². The molecule has 7 heteroatoms. The topological polar surface area (TPSA) is 40.1 Å². The molecule has 2 saturated heterocycles. The number of hydrogen-bond acceptors (Lipinski definition) is 4. The highest BCUT2D eigenvalue weighted by Gasteiger charge is 2.30. The zero-order valence-corrected chi connectivity index (χ0v) is 17.1. The standard InChI is InChI=1S/C16H26N4OS.HI/c1-13-3-4-15(22-13)11-18-16(17-2)20-6-5-14(12-20)19-7-9-21-10-8-19;/h3-4,14H,5-12H2,1-2H3,(H,17,18);1H. The van der Waals surface area contributed by atoms with Crippen LogP contribution in [0.25, 0.3) is 0 Å². The largest absolute Gasteiger partial charge is 0.379 e. The molecule has 0 bridgehead atoms. The molecule has 1 atom stereocenters. The molecule has 3 rings (SSSR count). The first-order chi connectivity index (χ1) is 10.8. The monoisotopic (exact) mass is 450 g/mol. The van der Waals surface area contributed by atoms with E-state index in [1.165, 1.54) is 16.2 Å². The number of nitrogens with one attached hydrogen (secondary N) is 1. The van der Waals surface area contributed by atoms with Crippen molar-refractivity contribution in [3.63, 3.8) is 0 Å². The second-order valence-electron chi connectivity index (χ2n) is 5.95. The summed E-state index contributed by atoms with van der Waals surface area (Å²) in [6.45, 7) is 9.06. The van der Waals surface area contributed by atoms with Crippen LogP contribution in [0.4, 0.5) is 0 Å². The van der Waals surface area contributed by atoms with Gasteiger partial charge in [-0.1, -0.05) is 0 Å². The third-order valence-corrected chi connectivity index (χ3v) is 5.45. The van der Waals surface area contributed by atoms with Crippen molar-refractivity contribution in [2.45, 2.75) is 25.9 Å². The van der Waals surface area contributed by atoms with Gasteiger partial charge in [-0.15, -0.1) is 35.3 Å². The molecule has 2 aliphatic heterocycles. The Morgan fingerprint density at radius 2 is 2.13 bits per heavy atom. The summed E-state index contributed by atoms with van der Waals surface area (Å²) in [5.74, 6) is 1.03. The molecule has 0 aromatic carbocycles. The number of guanidine groups is 1. The first-order valence-electron chi connectivity index (χ1n) is 8.09. The molecule has 0 amide bonds. The summed E-state index contributed by atoms with van der Waals surface area (Å²) in [5.41, 5.74) is 0. The van der Waals surface area contributed by atoms with E-state index in [1.54, 1.807) is 0 Å². The predicted molar refractivity (Wildman–Crippen MR) is 107 cm³/mol. The number of hydrogen-bond donors (Lipinski definition) is 1. The summed E-state index contributed by atoms with van der Waals surface area (Å²) in [6, 6.07) is 5.02. The smallest absolute Gasteiger partial charge is 0.193 e. The van der Waals surface area contributed by atoms with Gasteiger partial charge in [-0.3, -0.25) is 9.89 Å². The van der Waals surface area contributed by atoms with Crippen LogP contribution in [0.2, 0.25) is 0 Å². The third-order valence-electron chi connectivity index (χ3n) is 4.45. The van der Waals surface area contributed by atoms with E-state index in [2.05, 4.69) is 39.2 Å². The van der Waals surface area contributed by atoms with E-state index in [4.69, 9.17) is 4.74 Å². The van der Waals surface area contributed by atoms with E-state index in [1.807, 2.05) is 18.4 Å². The van der Waals surface area contributed by atoms with Crippen LogP contribution in [0.3, 0.4) is 0 Å². The second kappa shape index (κ2) is 9.19. The number of aliphatic imine (C=N–C) groups is 1. The lowest BCUT2D eigenvalue weighted by Crippen LogP contribution is -2.46. The molecule has 1 aromatic rings. The molecule has 0 aliphatic carbocycles. The van der Waals surface area contributed by atoms with Crippen molar-refractivity contribution in [3.8, 4) is 0 Å². The van der Waals surface area contributed by atoms with E-state index in [0.717, 1.165) is 51.9 Å². The van der Waals surface area contributed by atoms with Crippen molar-refractivity contribution in [1.82, 2.24) is 15.1 Å². The summed E-state index contributed by atoms with van der Waals surface area (Å²) in [6.07, 6.45) is 1.22. The molecular weight excluding hydrogens is 423 g/mol. The lowest BCUT2D eigenvalue weighted by atomic mass is 10.2. The molecule has 2 fully saturated rings. The van der Waals surface area contributed by atoms with E-state index < -0.39 is 0 Å². The van der Waals surface area contributed by atoms with Gasteiger partial charge in [0.1, 0.15) is 0 Å². The van der Waals surface area contributed by atoms with Gasteiger partial charge in [0.05, 0.1) is 19.8 Å². The molecule has 3 heterocycles. The Morgan fingerprint density at radius 1 is 1.35 bits per heavy atom. The molecule has 2 aliphatic rings. The minimum absolute atomic E-state index is 0. The van der Waals surface area contributed by atoms with Gasteiger partial charge >= 0.3 is 0 Å². The van der Waals surface area contributed by atoms with Gasteiger partial charge in [0.15, 0.2) is 5.96 Å². The molecule has 1 unspecified atom stereocenters. The first-order valence-corrected chi connectivity index (χ1v) is 8.90. The van der Waals surface area contributed by atoms with Gasteiger partial charge in [0.2, 0.25) is 0 Å². The van der Waals surface area contributed by atoms with Crippen molar-refractivity contribution >= 4 is 41.3 Å². The minimum Gasteiger partial charge on any atom is -0.379 e. The van der Waals surface area contributed by atoms with E-state index >= 15 is 0 Å². The molecular formula is C16H27IN4OS. The number of halogens is 1. The van der Waals surface area contributed by atoms with Crippen LogP contribution in [0.5, 0.6) is 0 Å². The first kappa shape index (κ1) is 19.0. The third kappa shape index (κ3) is 5.04. The maximum Gasteiger partial charge on any atom is 0.193 e. The molecule has 23 heavy (non-hydrogen) atoms. The summed E-state index contributed by atoms with van der Waals surface area (Å²) in [4.78, 5) is 12.1. The van der Waals surface area contributed by atoms with Crippen LogP contribution in [-0.2, 0) is 11.3 Å². The SMILES string of the molecule is CN=C(NCc1ccc(C)s1)N1CCC(N2CCOCC2)C1.I. The fraction of sp³-hybridized carbons (Fsp3) is 0.688. The van der Waals surface area contributed by atoms with Gasteiger partial charge in [-0.2, -0.15) is 0 Å². The number of morpholine rings is 1. The lowest BCUT2D eigenvalue weighted by Gasteiger charge is -2.32. The van der Waals surface area contributed by atoms with Crippen LogP contribution in [-0.4, -0.2) is 68.2 Å². The average Bonchev–Trinajstić information content (AvgIpc) is 3.18. The number of likely N-dealkylation sites (tertiary alicyclic amines) is 1. The van der Waals surface area contributed by atoms with Gasteiger partial charge in [-0.25, -0.2) is 0 Å². The van der Waals surface area contributed by atoms with E-state index in [-0.39, 0.29) is 24.0 Å². The number of aryl methyl sites for hydroxylation is 1. The molecule has 130 valence electrons. The second-order valence-corrected chi connectivity index (χ2v) is 7.32. The van der Waals surface area contributed by atoms with Crippen molar-refractivity contribution in [3.05, 3.63) is 21.9 Å². The molecule has 0 spiro atoms. The average molecular weight is 450 g/mol. The quantitative estimate of drug-likeness (QED) is 0.436. The van der Waals surface area contributed by atoms with Crippen molar-refractivity contribution in [1.29, 1.82) is 0 Å². The summed E-state index contributed by atoms with van der Waals surface area (Å²) in [7, 11) is 1.88. The number of ether oxygens (including phenoxy) is 1. The minimum atomic E-state index is 0. The predicted octanol–water partition coefficient (Wildman–Crippen LogP) is 2.16. The highest BCUT2D eigenvalue weighted by atomic mass is 127. The zero-order chi connectivity index (χ0) is 15.4. The Balaban J connectivity index is 0.00000192. The van der Waals surface area contributed by atoms with Gasteiger partial charge in [0, 0.05) is 49.0 Å². The fourth-order valence-corrected chi connectivity index (χ4v) is 4.08. The molecule has 1 N–H and O–H groups in total. The highest BCUT2D eigenvalue weighted by molar-refractivity contribution is 14.0. The van der Waals surface area contributed by atoms with Gasteiger partial charge in [0.25, 0.3) is 0 Å². The molecule has 0 saturated carbocycles. The van der Waals surface area contributed by atoms with Crippen LogP contribution in [0, 0.1) is 6.92 Å². The van der Waals surface area contributed by atoms with E-state index in [0.29, 0.717) is 6.04 Å². The summed E-state index contributed by atoms with van der Waals surface area (Å²) in [5, 5.41) is 3.51. The van der Waals surface area contributed by atoms with Crippen LogP contribution in [0.1, 0.15) is 16.2 Å². The Morgan fingerprint density at radius 3 is 2.78 bits per heavy atom. The normalized spacial score (nSPS) is 23.0. The van der Waals surface area contributed by atoms with Crippen molar-refractivity contribution < 1.29 is 4.74 Å². The Bertz CT molecular complexity index is 516. The molecule has 5 nitrogen and oxygen atoms in total. The molecule has 1 aromatic heterocycles. The Kier molecular flexibility index (Phi) is 7.58. The maximum absolute atomic E-state index is 5.45. The Labute approximate surface area is 160 Å². The van der Waals surface area contributed by atoms with E-state index in [9.17, 15) is 0 Å². The fourth-order valence-electron chi connectivity index (χ4n) is 3.25.